The van der Waals surface area contributed by atoms with Gasteiger partial charge in [0.05, 0.1) is 5.39 Å². The molecule has 0 radical (unpaired) electrons. The van der Waals surface area contributed by atoms with Gasteiger partial charge in [-0.25, -0.2) is 4.98 Å². The van der Waals surface area contributed by atoms with Crippen molar-refractivity contribution in [2.75, 3.05) is 36.9 Å². The Hall–Kier alpha value is -1.40. The van der Waals surface area contributed by atoms with Crippen molar-refractivity contribution >= 4 is 33.3 Å². The number of thiophene rings is 1. The van der Waals surface area contributed by atoms with Crippen LogP contribution in [0.3, 0.4) is 0 Å². The van der Waals surface area contributed by atoms with Gasteiger partial charge in [-0.15, -0.1) is 11.3 Å². The summed E-state index contributed by atoms with van der Waals surface area (Å²) in [4.78, 5) is 11.6. The minimum Gasteiger partial charge on any atom is -0.382 e. The molecule has 0 aliphatic carbocycles. The van der Waals surface area contributed by atoms with E-state index < -0.39 is 0 Å². The number of nitrogens with zero attached hydrogens (tertiary/aromatic N) is 2. The maximum Gasteiger partial charge on any atom is 0.226 e. The Bertz CT molecular complexity index is 570. The van der Waals surface area contributed by atoms with E-state index in [-0.39, 0.29) is 0 Å². The predicted octanol–water partition coefficient (Wildman–Crippen LogP) is 3.52. The molecule has 0 aromatic carbocycles. The van der Waals surface area contributed by atoms with Crippen LogP contribution in [-0.2, 0) is 11.2 Å². The number of hydrogen-bond donors (Lipinski definition) is 2. The summed E-state index contributed by atoms with van der Waals surface area (Å²) in [6, 6.07) is 2.20. The van der Waals surface area contributed by atoms with Gasteiger partial charge in [0, 0.05) is 31.2 Å². The fraction of sp³-hybridized carbons (Fsp3) is 0.600. The van der Waals surface area contributed by atoms with E-state index in [1.807, 2.05) is 6.92 Å². The number of fused-ring (bicyclic) bond motifs is 1. The second kappa shape index (κ2) is 8.14. The number of aromatic nitrogens is 2. The van der Waals surface area contributed by atoms with Crippen molar-refractivity contribution in [1.82, 2.24) is 9.97 Å². The van der Waals surface area contributed by atoms with E-state index in [1.54, 1.807) is 11.3 Å². The first kappa shape index (κ1) is 16.0. The number of nitrogens with one attached hydrogen (secondary N) is 2. The second-order valence-corrected chi connectivity index (χ2v) is 5.80. The quantitative estimate of drug-likeness (QED) is 0.694. The summed E-state index contributed by atoms with van der Waals surface area (Å²) < 4.78 is 5.36. The molecule has 0 amide bonds. The Morgan fingerprint density at radius 1 is 1.19 bits per heavy atom. The van der Waals surface area contributed by atoms with Crippen LogP contribution in [0, 0.1) is 0 Å². The van der Waals surface area contributed by atoms with Crippen LogP contribution < -0.4 is 10.6 Å². The van der Waals surface area contributed by atoms with Crippen LogP contribution in [0.1, 0.15) is 32.1 Å². The van der Waals surface area contributed by atoms with E-state index in [0.717, 1.165) is 55.2 Å². The van der Waals surface area contributed by atoms with Gasteiger partial charge in [-0.2, -0.15) is 4.98 Å². The summed E-state index contributed by atoms with van der Waals surface area (Å²) in [5.41, 5.74) is 0. The molecule has 116 valence electrons. The zero-order valence-corrected chi connectivity index (χ0v) is 13.8. The molecular weight excluding hydrogens is 284 g/mol. The van der Waals surface area contributed by atoms with Crippen molar-refractivity contribution in [2.24, 2.45) is 0 Å². The summed E-state index contributed by atoms with van der Waals surface area (Å²) in [5.74, 6) is 1.62. The van der Waals surface area contributed by atoms with Crippen molar-refractivity contribution in [2.45, 2.75) is 33.6 Å². The number of hydrogen-bond acceptors (Lipinski definition) is 6. The molecule has 0 aliphatic heterocycles. The molecule has 0 saturated carbocycles. The van der Waals surface area contributed by atoms with Crippen molar-refractivity contribution in [3.05, 3.63) is 10.9 Å². The highest BCUT2D eigenvalue weighted by Gasteiger charge is 2.10. The summed E-state index contributed by atoms with van der Waals surface area (Å²) in [5, 5.41) is 7.74. The molecule has 2 heterocycles. The Morgan fingerprint density at radius 2 is 2.05 bits per heavy atom. The molecule has 0 saturated heterocycles. The minimum atomic E-state index is 0.696. The lowest BCUT2D eigenvalue weighted by Gasteiger charge is -2.09. The standard InChI is InChI=1S/C15H24N4OS/c1-4-11-10-12-13(17-8-7-9-20-6-3)18-15(16-5-2)19-14(12)21-11/h10H,4-9H2,1-3H3,(H2,16,17,18,19). The monoisotopic (exact) mass is 308 g/mol. The van der Waals surface area contributed by atoms with E-state index >= 15 is 0 Å². The van der Waals surface area contributed by atoms with E-state index in [0.29, 0.717) is 5.95 Å². The van der Waals surface area contributed by atoms with Crippen LogP contribution in [0.2, 0.25) is 0 Å². The average molecular weight is 308 g/mol. The molecular formula is C15H24N4OS. The molecule has 2 N–H and O–H groups in total. The third-order valence-electron chi connectivity index (χ3n) is 3.09. The number of ether oxygens (including phenoxy) is 1. The highest BCUT2D eigenvalue weighted by atomic mass is 32.1. The normalized spacial score (nSPS) is 11.0. The van der Waals surface area contributed by atoms with Gasteiger partial charge in [0.1, 0.15) is 10.6 Å². The maximum atomic E-state index is 5.36. The first-order valence-corrected chi connectivity index (χ1v) is 8.46. The fourth-order valence-electron chi connectivity index (χ4n) is 2.04. The van der Waals surface area contributed by atoms with E-state index in [1.165, 1.54) is 4.88 Å². The van der Waals surface area contributed by atoms with Crippen LogP contribution in [0.15, 0.2) is 6.07 Å². The molecule has 0 aliphatic rings. The van der Waals surface area contributed by atoms with Gasteiger partial charge in [-0.1, -0.05) is 6.92 Å². The SMILES string of the molecule is CCNc1nc(NCCCOCC)c2cc(CC)sc2n1. The van der Waals surface area contributed by atoms with E-state index in [4.69, 9.17) is 4.74 Å². The molecule has 2 aromatic heterocycles. The molecule has 0 atom stereocenters. The molecule has 0 unspecified atom stereocenters. The molecule has 6 heteroatoms. The number of anilines is 2. The van der Waals surface area contributed by atoms with Gasteiger partial charge < -0.3 is 15.4 Å². The Morgan fingerprint density at radius 3 is 2.76 bits per heavy atom. The zero-order chi connectivity index (χ0) is 15.1. The first-order valence-electron chi connectivity index (χ1n) is 7.64. The second-order valence-electron chi connectivity index (χ2n) is 4.69. The summed E-state index contributed by atoms with van der Waals surface area (Å²) in [6.45, 7) is 9.46. The molecule has 0 spiro atoms. The van der Waals surface area contributed by atoms with Gasteiger partial charge >= 0.3 is 0 Å². The van der Waals surface area contributed by atoms with Gasteiger partial charge in [0.15, 0.2) is 0 Å². The third-order valence-corrected chi connectivity index (χ3v) is 4.26. The number of rotatable bonds is 9. The minimum absolute atomic E-state index is 0.696. The highest BCUT2D eigenvalue weighted by Crippen LogP contribution is 2.30. The van der Waals surface area contributed by atoms with Crippen molar-refractivity contribution in [3.63, 3.8) is 0 Å². The number of aryl methyl sites for hydroxylation is 1. The molecule has 0 bridgehead atoms. The molecule has 0 fully saturated rings. The van der Waals surface area contributed by atoms with Crippen LogP contribution in [0.25, 0.3) is 10.2 Å². The lowest BCUT2D eigenvalue weighted by atomic mass is 10.3. The van der Waals surface area contributed by atoms with E-state index in [2.05, 4.69) is 40.5 Å². The van der Waals surface area contributed by atoms with Gasteiger partial charge in [0.25, 0.3) is 0 Å². The van der Waals surface area contributed by atoms with Gasteiger partial charge in [-0.3, -0.25) is 0 Å². The van der Waals surface area contributed by atoms with Crippen molar-refractivity contribution in [3.8, 4) is 0 Å². The molecule has 5 nitrogen and oxygen atoms in total. The van der Waals surface area contributed by atoms with Gasteiger partial charge in [-0.05, 0) is 32.8 Å². The van der Waals surface area contributed by atoms with Gasteiger partial charge in [0.2, 0.25) is 5.95 Å². The van der Waals surface area contributed by atoms with Crippen LogP contribution in [0.4, 0.5) is 11.8 Å². The first-order chi connectivity index (χ1) is 10.3. The fourth-order valence-corrected chi connectivity index (χ4v) is 3.01. The summed E-state index contributed by atoms with van der Waals surface area (Å²) >= 11 is 1.74. The van der Waals surface area contributed by atoms with Crippen molar-refractivity contribution in [1.29, 1.82) is 0 Å². The molecule has 2 aromatic rings. The van der Waals surface area contributed by atoms with E-state index in [9.17, 15) is 0 Å². The summed E-state index contributed by atoms with van der Waals surface area (Å²) in [6.07, 6.45) is 2.00. The Labute approximate surface area is 130 Å². The maximum absolute atomic E-state index is 5.36. The highest BCUT2D eigenvalue weighted by molar-refractivity contribution is 7.18. The topological polar surface area (TPSA) is 59.1 Å². The molecule has 2 rings (SSSR count). The average Bonchev–Trinajstić information content (AvgIpc) is 2.90. The lowest BCUT2D eigenvalue weighted by molar-refractivity contribution is 0.147. The van der Waals surface area contributed by atoms with Crippen molar-refractivity contribution < 1.29 is 4.74 Å². The zero-order valence-electron chi connectivity index (χ0n) is 13.0. The Kier molecular flexibility index (Phi) is 6.20. The largest absolute Gasteiger partial charge is 0.382 e. The van der Waals surface area contributed by atoms with Crippen LogP contribution >= 0.6 is 11.3 Å². The molecule has 21 heavy (non-hydrogen) atoms. The van der Waals surface area contributed by atoms with Crippen LogP contribution in [0.5, 0.6) is 0 Å². The smallest absolute Gasteiger partial charge is 0.226 e. The Balaban J connectivity index is 2.15. The van der Waals surface area contributed by atoms with Crippen LogP contribution in [-0.4, -0.2) is 36.3 Å². The lowest BCUT2D eigenvalue weighted by Crippen LogP contribution is -2.09. The third kappa shape index (κ3) is 4.28. The predicted molar refractivity (Wildman–Crippen MR) is 90.6 cm³/mol. The summed E-state index contributed by atoms with van der Waals surface area (Å²) in [7, 11) is 0.